The Morgan fingerprint density at radius 1 is 0.826 bits per heavy atom. The van der Waals surface area contributed by atoms with Crippen LogP contribution in [0.1, 0.15) is 11.1 Å². The van der Waals surface area contributed by atoms with Gasteiger partial charge in [0.15, 0.2) is 6.10 Å². The van der Waals surface area contributed by atoms with Gasteiger partial charge in [-0.2, -0.15) is 0 Å². The van der Waals surface area contributed by atoms with Gasteiger partial charge in [0, 0.05) is 0 Å². The Hall–Kier alpha value is -1.94. The molecule has 0 N–H and O–H groups in total. The molecule has 2 atom stereocenters. The standard InChI is InChI=1S/C19H17ClO3/c20-16-11-17(22-12-14-7-3-1-4-8-14)19(18(16)21)23-13-15-9-5-2-6-10-15/h1-11,17,19H,12-13H2/t17-,19+/m0/s1. The van der Waals surface area contributed by atoms with E-state index in [2.05, 4.69) is 0 Å². The summed E-state index contributed by atoms with van der Waals surface area (Å²) in [5, 5.41) is 0.182. The molecule has 0 saturated carbocycles. The molecule has 0 amide bonds. The van der Waals surface area contributed by atoms with Gasteiger partial charge in [-0.1, -0.05) is 72.3 Å². The molecule has 0 spiro atoms. The highest BCUT2D eigenvalue weighted by molar-refractivity contribution is 6.44. The van der Waals surface area contributed by atoms with Crippen molar-refractivity contribution in [3.63, 3.8) is 0 Å². The first-order valence-corrected chi connectivity index (χ1v) is 7.84. The van der Waals surface area contributed by atoms with Crippen molar-refractivity contribution in [3.05, 3.63) is 82.9 Å². The van der Waals surface area contributed by atoms with E-state index in [1.807, 2.05) is 60.7 Å². The van der Waals surface area contributed by atoms with Crippen LogP contribution in [0.3, 0.4) is 0 Å². The number of benzene rings is 2. The third-order valence-corrected chi connectivity index (χ3v) is 3.97. The summed E-state index contributed by atoms with van der Waals surface area (Å²) in [5.74, 6) is -0.222. The van der Waals surface area contributed by atoms with Crippen LogP contribution >= 0.6 is 11.6 Å². The summed E-state index contributed by atoms with van der Waals surface area (Å²) >= 11 is 5.97. The zero-order chi connectivity index (χ0) is 16.1. The summed E-state index contributed by atoms with van der Waals surface area (Å²) in [6.45, 7) is 0.755. The van der Waals surface area contributed by atoms with E-state index in [9.17, 15) is 4.79 Å². The Bertz CT molecular complexity index is 682. The topological polar surface area (TPSA) is 35.5 Å². The average molecular weight is 329 g/mol. The second kappa shape index (κ2) is 7.55. The smallest absolute Gasteiger partial charge is 0.205 e. The van der Waals surface area contributed by atoms with Crippen LogP contribution in [-0.4, -0.2) is 18.0 Å². The van der Waals surface area contributed by atoms with Crippen LogP contribution in [-0.2, 0) is 27.5 Å². The van der Waals surface area contributed by atoms with Crippen molar-refractivity contribution in [1.82, 2.24) is 0 Å². The molecule has 0 radical (unpaired) electrons. The molecule has 0 aromatic heterocycles. The third kappa shape index (κ3) is 4.08. The fourth-order valence-corrected chi connectivity index (χ4v) is 2.66. The van der Waals surface area contributed by atoms with Crippen LogP contribution in [0.2, 0.25) is 0 Å². The van der Waals surface area contributed by atoms with Crippen LogP contribution in [0.15, 0.2) is 71.8 Å². The van der Waals surface area contributed by atoms with Crippen LogP contribution < -0.4 is 0 Å². The lowest BCUT2D eigenvalue weighted by Crippen LogP contribution is -2.32. The van der Waals surface area contributed by atoms with E-state index in [4.69, 9.17) is 21.1 Å². The van der Waals surface area contributed by atoms with Crippen molar-refractivity contribution in [2.24, 2.45) is 0 Å². The van der Waals surface area contributed by atoms with Crippen molar-refractivity contribution in [2.45, 2.75) is 25.4 Å². The first-order chi connectivity index (χ1) is 11.2. The predicted octanol–water partition coefficient (Wildman–Crippen LogP) is 3.86. The highest BCUT2D eigenvalue weighted by Gasteiger charge is 2.36. The van der Waals surface area contributed by atoms with Gasteiger partial charge in [0.05, 0.1) is 18.2 Å². The lowest BCUT2D eigenvalue weighted by atomic mass is 10.2. The lowest BCUT2D eigenvalue weighted by molar-refractivity contribution is -0.133. The maximum atomic E-state index is 12.1. The Kier molecular flexibility index (Phi) is 5.23. The van der Waals surface area contributed by atoms with Crippen molar-refractivity contribution in [2.75, 3.05) is 0 Å². The zero-order valence-electron chi connectivity index (χ0n) is 12.5. The van der Waals surface area contributed by atoms with Gasteiger partial charge < -0.3 is 9.47 Å². The monoisotopic (exact) mass is 328 g/mol. The molecular weight excluding hydrogens is 312 g/mol. The van der Waals surface area contributed by atoms with Crippen LogP contribution in [0.25, 0.3) is 0 Å². The number of hydrogen-bond donors (Lipinski definition) is 0. The van der Waals surface area contributed by atoms with Gasteiger partial charge in [0.25, 0.3) is 0 Å². The van der Waals surface area contributed by atoms with E-state index in [-0.39, 0.29) is 10.8 Å². The van der Waals surface area contributed by atoms with E-state index in [1.165, 1.54) is 0 Å². The minimum absolute atomic E-state index is 0.182. The van der Waals surface area contributed by atoms with E-state index >= 15 is 0 Å². The van der Waals surface area contributed by atoms with E-state index in [0.29, 0.717) is 13.2 Å². The molecular formula is C19H17ClO3. The maximum Gasteiger partial charge on any atom is 0.205 e. The molecule has 0 aliphatic heterocycles. The Morgan fingerprint density at radius 3 is 1.91 bits per heavy atom. The molecule has 23 heavy (non-hydrogen) atoms. The summed E-state index contributed by atoms with van der Waals surface area (Å²) in [4.78, 5) is 12.1. The van der Waals surface area contributed by atoms with Crippen molar-refractivity contribution in [3.8, 4) is 0 Å². The highest BCUT2D eigenvalue weighted by Crippen LogP contribution is 2.25. The lowest BCUT2D eigenvalue weighted by Gasteiger charge is -2.19. The van der Waals surface area contributed by atoms with Gasteiger partial charge >= 0.3 is 0 Å². The zero-order valence-corrected chi connectivity index (χ0v) is 13.3. The molecule has 0 unspecified atom stereocenters. The van der Waals surface area contributed by atoms with Crippen LogP contribution in [0.4, 0.5) is 0 Å². The molecule has 3 rings (SSSR count). The normalized spacial score (nSPS) is 20.6. The molecule has 1 aliphatic rings. The Morgan fingerprint density at radius 2 is 1.35 bits per heavy atom. The summed E-state index contributed by atoms with van der Waals surface area (Å²) in [5.41, 5.74) is 2.04. The fourth-order valence-electron chi connectivity index (χ4n) is 2.43. The van der Waals surface area contributed by atoms with Crippen molar-refractivity contribution in [1.29, 1.82) is 0 Å². The molecule has 0 bridgehead atoms. The summed E-state index contributed by atoms with van der Waals surface area (Å²) in [6.07, 6.45) is 0.480. The SMILES string of the molecule is O=C1C(Cl)=C[C@H](OCc2ccccc2)[C@H]1OCc1ccccc1. The Labute approximate surface area is 140 Å². The number of Topliss-reactive ketones (excluding diaryl/α,β-unsaturated/α-hetero) is 1. The number of hydrogen-bond acceptors (Lipinski definition) is 3. The molecule has 118 valence electrons. The van der Waals surface area contributed by atoms with Crippen molar-refractivity contribution < 1.29 is 14.3 Å². The summed E-state index contributed by atoms with van der Waals surface area (Å²) < 4.78 is 11.6. The van der Waals surface area contributed by atoms with Gasteiger partial charge in [-0.25, -0.2) is 0 Å². The average Bonchev–Trinajstić information content (AvgIpc) is 2.87. The van der Waals surface area contributed by atoms with Crippen molar-refractivity contribution >= 4 is 17.4 Å². The summed E-state index contributed by atoms with van der Waals surface area (Å²) in [7, 11) is 0. The number of carbonyl (C=O) groups excluding carboxylic acids is 1. The fraction of sp³-hybridized carbons (Fsp3) is 0.211. The first-order valence-electron chi connectivity index (χ1n) is 7.46. The van der Waals surface area contributed by atoms with E-state index < -0.39 is 12.2 Å². The number of rotatable bonds is 6. The molecule has 0 heterocycles. The molecule has 0 saturated heterocycles. The largest absolute Gasteiger partial charge is 0.366 e. The second-order valence-electron chi connectivity index (χ2n) is 5.36. The van der Waals surface area contributed by atoms with Gasteiger partial charge in [0.1, 0.15) is 6.10 Å². The number of halogens is 1. The highest BCUT2D eigenvalue weighted by atomic mass is 35.5. The first kappa shape index (κ1) is 15.9. The minimum atomic E-state index is -0.689. The third-order valence-electron chi connectivity index (χ3n) is 3.66. The maximum absolute atomic E-state index is 12.1. The van der Waals surface area contributed by atoms with Gasteiger partial charge in [-0.05, 0) is 17.2 Å². The molecule has 1 aliphatic carbocycles. The molecule has 2 aromatic carbocycles. The number of ether oxygens (including phenoxy) is 2. The summed E-state index contributed by atoms with van der Waals surface area (Å²) in [6, 6.07) is 19.5. The quantitative estimate of drug-likeness (QED) is 0.807. The van der Waals surface area contributed by atoms with Crippen LogP contribution in [0.5, 0.6) is 0 Å². The molecule has 4 heteroatoms. The van der Waals surface area contributed by atoms with E-state index in [1.54, 1.807) is 6.08 Å². The predicted molar refractivity (Wildman–Crippen MR) is 89.0 cm³/mol. The molecule has 0 fully saturated rings. The molecule has 3 nitrogen and oxygen atoms in total. The Balaban J connectivity index is 1.61. The van der Waals surface area contributed by atoms with E-state index in [0.717, 1.165) is 11.1 Å². The number of ketones is 1. The van der Waals surface area contributed by atoms with Gasteiger partial charge in [0.2, 0.25) is 5.78 Å². The molecule has 2 aromatic rings. The number of carbonyl (C=O) groups is 1. The van der Waals surface area contributed by atoms with Crippen LogP contribution in [0, 0.1) is 0 Å². The van der Waals surface area contributed by atoms with Gasteiger partial charge in [-0.15, -0.1) is 0 Å². The second-order valence-corrected chi connectivity index (χ2v) is 5.76. The minimum Gasteiger partial charge on any atom is -0.366 e. The van der Waals surface area contributed by atoms with Gasteiger partial charge in [-0.3, -0.25) is 4.79 Å².